The van der Waals surface area contributed by atoms with Crippen LogP contribution in [0.25, 0.3) is 10.6 Å². The van der Waals surface area contributed by atoms with Gasteiger partial charge in [0.05, 0.1) is 34.8 Å². The quantitative estimate of drug-likeness (QED) is 0.159. The second-order valence-electron chi connectivity index (χ2n) is 8.92. The Morgan fingerprint density at radius 1 is 0.881 bits per heavy atom. The maximum atomic E-state index is 13.1. The van der Waals surface area contributed by atoms with Crippen molar-refractivity contribution in [1.82, 2.24) is 10.2 Å². The number of rotatable bonds is 8. The Bertz CT molecular complexity index is 1730. The number of alkyl halides is 3. The highest BCUT2D eigenvalue weighted by Crippen LogP contribution is 2.38. The van der Waals surface area contributed by atoms with Crippen molar-refractivity contribution < 1.29 is 27.4 Å². The average molecular weight is 630 g/mol. The van der Waals surface area contributed by atoms with E-state index in [0.717, 1.165) is 17.7 Å². The molecule has 0 aliphatic heterocycles. The molecule has 0 N–H and O–H groups in total. The topological polar surface area (TPSA) is 64.5 Å². The van der Waals surface area contributed by atoms with Gasteiger partial charge in [-0.25, -0.2) is 4.79 Å². The Morgan fingerprint density at radius 3 is 2.29 bits per heavy atom. The van der Waals surface area contributed by atoms with E-state index in [0.29, 0.717) is 49.3 Å². The van der Waals surface area contributed by atoms with Crippen LogP contribution in [0.2, 0.25) is 10.0 Å². The first-order valence-corrected chi connectivity index (χ1v) is 13.9. The van der Waals surface area contributed by atoms with E-state index in [1.54, 1.807) is 48.5 Å². The Morgan fingerprint density at radius 2 is 1.60 bits per heavy atom. The molecule has 12 heteroatoms. The first kappa shape index (κ1) is 29.4. The summed E-state index contributed by atoms with van der Waals surface area (Å²) in [7, 11) is 1.32. The molecule has 0 unspecified atom stereocenters. The summed E-state index contributed by atoms with van der Waals surface area (Å²) < 4.78 is 49.9. The predicted molar refractivity (Wildman–Crippen MR) is 157 cm³/mol. The third-order valence-electron chi connectivity index (χ3n) is 6.05. The Balaban J connectivity index is 1.43. The summed E-state index contributed by atoms with van der Waals surface area (Å²) in [6.07, 6.45) is -4.48. The van der Waals surface area contributed by atoms with Crippen LogP contribution in [0, 0.1) is 0 Å². The lowest BCUT2D eigenvalue weighted by atomic mass is 10.1. The zero-order valence-electron chi connectivity index (χ0n) is 21.7. The maximum absolute atomic E-state index is 13.1. The van der Waals surface area contributed by atoms with Crippen molar-refractivity contribution in [2.24, 2.45) is 0 Å². The standard InChI is InChI=1S/C30H20Cl2F3N3O3S/c1-40-28(39)19-10-8-18(9-11-19)17-38(22-12-13-25(31)26(32)16-22)29-37-36-27(42-29)20-4-2-6-23(14-20)41-24-7-3-5-21(15-24)30(33,34)35/h2-16H,17H2,1H3. The van der Waals surface area contributed by atoms with Crippen LogP contribution in [-0.4, -0.2) is 23.3 Å². The van der Waals surface area contributed by atoms with Crippen LogP contribution in [0.15, 0.2) is 91.0 Å². The first-order valence-electron chi connectivity index (χ1n) is 12.3. The monoisotopic (exact) mass is 629 g/mol. The molecule has 0 amide bonds. The lowest BCUT2D eigenvalue weighted by molar-refractivity contribution is -0.137. The zero-order valence-corrected chi connectivity index (χ0v) is 24.1. The van der Waals surface area contributed by atoms with Gasteiger partial charge in [-0.05, 0) is 66.2 Å². The number of aromatic nitrogens is 2. The van der Waals surface area contributed by atoms with Gasteiger partial charge in [-0.2, -0.15) is 13.2 Å². The fraction of sp³-hybridized carbons (Fsp3) is 0.100. The van der Waals surface area contributed by atoms with E-state index in [4.69, 9.17) is 32.7 Å². The maximum Gasteiger partial charge on any atom is 0.416 e. The van der Waals surface area contributed by atoms with Gasteiger partial charge in [0, 0.05) is 11.3 Å². The molecular formula is C30H20Cl2F3N3O3S. The molecule has 42 heavy (non-hydrogen) atoms. The molecule has 1 aromatic heterocycles. The van der Waals surface area contributed by atoms with E-state index in [1.165, 1.54) is 30.6 Å². The molecule has 0 aliphatic rings. The van der Waals surface area contributed by atoms with Gasteiger partial charge in [-0.1, -0.05) is 64.9 Å². The highest BCUT2D eigenvalue weighted by molar-refractivity contribution is 7.18. The van der Waals surface area contributed by atoms with Crippen LogP contribution in [0.1, 0.15) is 21.5 Å². The van der Waals surface area contributed by atoms with Crippen LogP contribution in [0.4, 0.5) is 24.0 Å². The van der Waals surface area contributed by atoms with Crippen molar-refractivity contribution in [2.75, 3.05) is 12.0 Å². The first-order chi connectivity index (χ1) is 20.1. The van der Waals surface area contributed by atoms with Gasteiger partial charge >= 0.3 is 12.1 Å². The predicted octanol–water partition coefficient (Wildman–Crippen LogP) is 9.45. The van der Waals surface area contributed by atoms with Crippen LogP contribution in [0.3, 0.4) is 0 Å². The minimum atomic E-state index is -4.48. The number of hydrogen-bond donors (Lipinski definition) is 0. The molecule has 0 radical (unpaired) electrons. The molecule has 0 saturated heterocycles. The molecule has 1 heterocycles. The van der Waals surface area contributed by atoms with Crippen LogP contribution < -0.4 is 9.64 Å². The summed E-state index contributed by atoms with van der Waals surface area (Å²) in [4.78, 5) is 13.7. The fourth-order valence-electron chi connectivity index (χ4n) is 3.97. The van der Waals surface area contributed by atoms with E-state index < -0.39 is 17.7 Å². The van der Waals surface area contributed by atoms with E-state index >= 15 is 0 Å². The summed E-state index contributed by atoms with van der Waals surface area (Å²) in [5, 5.41) is 10.6. The van der Waals surface area contributed by atoms with Crippen molar-refractivity contribution in [3.05, 3.63) is 118 Å². The number of halogens is 5. The van der Waals surface area contributed by atoms with Gasteiger partial charge in [0.25, 0.3) is 0 Å². The van der Waals surface area contributed by atoms with Gasteiger partial charge in [-0.15, -0.1) is 10.2 Å². The highest BCUT2D eigenvalue weighted by atomic mass is 35.5. The normalized spacial score (nSPS) is 11.3. The van der Waals surface area contributed by atoms with Crippen molar-refractivity contribution >= 4 is 51.3 Å². The molecule has 0 saturated carbocycles. The van der Waals surface area contributed by atoms with Crippen LogP contribution in [0.5, 0.6) is 11.5 Å². The molecule has 214 valence electrons. The van der Waals surface area contributed by atoms with Gasteiger partial charge < -0.3 is 14.4 Å². The number of carbonyl (C=O) groups excluding carboxylic acids is 1. The van der Waals surface area contributed by atoms with Crippen molar-refractivity contribution in [2.45, 2.75) is 12.7 Å². The van der Waals surface area contributed by atoms with Gasteiger partial charge in [0.15, 0.2) is 0 Å². The second kappa shape index (κ2) is 12.4. The number of ether oxygens (including phenoxy) is 2. The van der Waals surface area contributed by atoms with Crippen LogP contribution >= 0.6 is 34.5 Å². The fourth-order valence-corrected chi connectivity index (χ4v) is 5.13. The summed E-state index contributed by atoms with van der Waals surface area (Å²) in [5.74, 6) is -0.0320. The smallest absolute Gasteiger partial charge is 0.416 e. The van der Waals surface area contributed by atoms with Gasteiger partial charge in [-0.3, -0.25) is 0 Å². The minimum absolute atomic E-state index is 0.0592. The Hall–Kier alpha value is -4.12. The van der Waals surface area contributed by atoms with E-state index in [9.17, 15) is 18.0 Å². The number of anilines is 2. The third kappa shape index (κ3) is 6.84. The molecule has 4 aromatic carbocycles. The lowest BCUT2D eigenvalue weighted by Gasteiger charge is -2.22. The Labute approximate surface area is 252 Å². The number of methoxy groups -OCH3 is 1. The molecule has 5 rings (SSSR count). The number of hydrogen-bond acceptors (Lipinski definition) is 7. The zero-order chi connectivity index (χ0) is 29.9. The molecule has 0 atom stereocenters. The summed E-state index contributed by atoms with van der Waals surface area (Å²) in [6.45, 7) is 0.368. The molecule has 0 aliphatic carbocycles. The SMILES string of the molecule is COC(=O)c1ccc(CN(c2ccc(Cl)c(Cl)c2)c2nnc(-c3cccc(Oc4cccc(C(F)(F)F)c4)c3)s2)cc1. The van der Waals surface area contributed by atoms with Crippen molar-refractivity contribution in [3.8, 4) is 22.1 Å². The van der Waals surface area contributed by atoms with E-state index in [-0.39, 0.29) is 5.75 Å². The number of nitrogens with zero attached hydrogens (tertiary/aromatic N) is 3. The van der Waals surface area contributed by atoms with E-state index in [1.807, 2.05) is 23.1 Å². The molecule has 5 aromatic rings. The Kier molecular flexibility index (Phi) is 8.67. The average Bonchev–Trinajstić information content (AvgIpc) is 3.47. The molecular weight excluding hydrogens is 610 g/mol. The van der Waals surface area contributed by atoms with Crippen LogP contribution in [-0.2, 0) is 17.5 Å². The molecule has 6 nitrogen and oxygen atoms in total. The lowest BCUT2D eigenvalue weighted by Crippen LogP contribution is -2.16. The van der Waals surface area contributed by atoms with E-state index in [2.05, 4.69) is 10.2 Å². The van der Waals surface area contributed by atoms with Gasteiger partial charge in [0.1, 0.15) is 16.5 Å². The second-order valence-corrected chi connectivity index (χ2v) is 10.7. The summed E-state index contributed by atoms with van der Waals surface area (Å²) in [6, 6.07) is 23.7. The summed E-state index contributed by atoms with van der Waals surface area (Å²) in [5.41, 5.74) is 1.88. The number of carbonyl (C=O) groups is 1. The minimum Gasteiger partial charge on any atom is -0.465 e. The van der Waals surface area contributed by atoms with Crippen molar-refractivity contribution in [3.63, 3.8) is 0 Å². The number of benzene rings is 4. The number of esters is 1. The highest BCUT2D eigenvalue weighted by Gasteiger charge is 2.30. The molecule has 0 spiro atoms. The largest absolute Gasteiger partial charge is 0.465 e. The third-order valence-corrected chi connectivity index (χ3v) is 7.79. The molecule has 0 fully saturated rings. The van der Waals surface area contributed by atoms with Crippen molar-refractivity contribution in [1.29, 1.82) is 0 Å². The van der Waals surface area contributed by atoms with Gasteiger partial charge in [0.2, 0.25) is 5.13 Å². The summed E-state index contributed by atoms with van der Waals surface area (Å²) >= 11 is 13.8. The molecule has 0 bridgehead atoms.